The minimum Gasteiger partial charge on any atom is -0.333 e. The van der Waals surface area contributed by atoms with Gasteiger partial charge in [0, 0.05) is 11.8 Å². The van der Waals surface area contributed by atoms with Gasteiger partial charge in [0.2, 0.25) is 10.0 Å². The molecule has 22 heavy (non-hydrogen) atoms. The maximum Gasteiger partial charge on any atom is 0.215 e. The third-order valence-corrected chi connectivity index (χ3v) is 8.90. The lowest BCUT2D eigenvalue weighted by molar-refractivity contribution is -0.901. The quantitative estimate of drug-likeness (QED) is 0.786. The number of nitrogens with zero attached hydrogens (tertiary/aromatic N) is 1. The molecule has 5 nitrogen and oxygen atoms in total. The Hall–Kier alpha value is -0.460. The number of nitrogens with one attached hydrogen (secondary N) is 1. The van der Waals surface area contributed by atoms with Gasteiger partial charge in [0.1, 0.15) is 5.78 Å². The van der Waals surface area contributed by atoms with E-state index in [0.29, 0.717) is 25.4 Å². The second-order valence-electron chi connectivity index (χ2n) is 7.93. The highest BCUT2D eigenvalue weighted by molar-refractivity contribution is 7.89. The predicted octanol–water partition coefficient (Wildman–Crippen LogP) is -0.0680. The van der Waals surface area contributed by atoms with Crippen LogP contribution in [-0.2, 0) is 14.8 Å². The fourth-order valence-corrected chi connectivity index (χ4v) is 7.17. The first kappa shape index (κ1) is 16.4. The molecule has 0 aromatic carbocycles. The van der Waals surface area contributed by atoms with Gasteiger partial charge in [-0.1, -0.05) is 13.8 Å². The van der Waals surface area contributed by atoms with Crippen molar-refractivity contribution in [2.24, 2.45) is 16.7 Å². The van der Waals surface area contributed by atoms with Crippen LogP contribution >= 0.6 is 0 Å². The zero-order chi connectivity index (χ0) is 16.2. The minimum absolute atomic E-state index is 0.0315. The molecule has 3 aliphatic rings. The largest absolute Gasteiger partial charge is 0.333 e. The molecule has 0 spiro atoms. The van der Waals surface area contributed by atoms with Crippen molar-refractivity contribution in [3.8, 4) is 0 Å². The number of likely N-dealkylation sites (N-methyl/N-ethyl adjacent to an activating group) is 1. The highest BCUT2D eigenvalue weighted by atomic mass is 32.2. The highest BCUT2D eigenvalue weighted by Crippen LogP contribution is 2.64. The Balaban J connectivity index is 1.79. The average molecular weight is 329 g/mol. The lowest BCUT2D eigenvalue weighted by atomic mass is 9.70. The molecule has 0 unspecified atom stereocenters. The predicted molar refractivity (Wildman–Crippen MR) is 85.2 cm³/mol. The standard InChI is InChI=1S/C16H28N2O3S/c1-4-17-7-9-18(10-8-17)22(20,21)12-16-6-5-13(11-14(16)19)15(16,2)3/h13H,4-12H2,1-3H3/p+1/t13-,16-/m1/s1. The number of carbonyl (C=O) groups excluding carboxylic acids is 1. The van der Waals surface area contributed by atoms with Crippen LogP contribution in [0.1, 0.15) is 40.0 Å². The summed E-state index contributed by atoms with van der Waals surface area (Å²) in [6, 6.07) is 0. The maximum atomic E-state index is 12.9. The lowest BCUT2D eigenvalue weighted by Crippen LogP contribution is -3.14. The number of quaternary nitrogens is 1. The Bertz CT molecular complexity index is 564. The van der Waals surface area contributed by atoms with Crippen molar-refractivity contribution in [2.75, 3.05) is 38.5 Å². The topological polar surface area (TPSA) is 58.9 Å². The van der Waals surface area contributed by atoms with Crippen LogP contribution in [0.2, 0.25) is 0 Å². The van der Waals surface area contributed by atoms with Gasteiger partial charge in [0.15, 0.2) is 0 Å². The van der Waals surface area contributed by atoms with Gasteiger partial charge in [-0.05, 0) is 31.1 Å². The fourth-order valence-electron chi connectivity index (χ4n) is 4.94. The molecule has 0 aromatic heterocycles. The first-order valence-corrected chi connectivity index (χ1v) is 10.2. The van der Waals surface area contributed by atoms with E-state index >= 15 is 0 Å². The Morgan fingerprint density at radius 2 is 1.91 bits per heavy atom. The van der Waals surface area contributed by atoms with Crippen LogP contribution < -0.4 is 4.90 Å². The number of Topliss-reactive ketones (excluding diaryl/α,β-unsaturated/α-hetero) is 1. The van der Waals surface area contributed by atoms with Crippen molar-refractivity contribution in [1.29, 1.82) is 0 Å². The van der Waals surface area contributed by atoms with Gasteiger partial charge in [-0.25, -0.2) is 8.42 Å². The second-order valence-corrected chi connectivity index (χ2v) is 9.89. The normalized spacial score (nSPS) is 36.1. The summed E-state index contributed by atoms with van der Waals surface area (Å²) in [6.07, 6.45) is 2.33. The zero-order valence-corrected chi connectivity index (χ0v) is 14.8. The van der Waals surface area contributed by atoms with Crippen LogP contribution in [0.15, 0.2) is 0 Å². The van der Waals surface area contributed by atoms with Gasteiger partial charge >= 0.3 is 0 Å². The Morgan fingerprint density at radius 1 is 1.27 bits per heavy atom. The molecule has 0 amide bonds. The summed E-state index contributed by atoms with van der Waals surface area (Å²) in [5.74, 6) is 0.593. The Morgan fingerprint density at radius 3 is 2.36 bits per heavy atom. The molecule has 0 aromatic rings. The monoisotopic (exact) mass is 329 g/mol. The van der Waals surface area contributed by atoms with Gasteiger partial charge in [-0.15, -0.1) is 0 Å². The van der Waals surface area contributed by atoms with E-state index in [1.807, 2.05) is 0 Å². The van der Waals surface area contributed by atoms with Crippen LogP contribution in [0.25, 0.3) is 0 Å². The molecule has 2 saturated carbocycles. The number of sulfonamides is 1. The molecular formula is C16H29N2O3S+. The molecule has 1 aliphatic heterocycles. The number of piperazine rings is 1. The molecule has 3 fully saturated rings. The fraction of sp³-hybridized carbons (Fsp3) is 0.938. The van der Waals surface area contributed by atoms with Crippen molar-refractivity contribution >= 4 is 15.8 Å². The molecule has 0 radical (unpaired) electrons. The van der Waals surface area contributed by atoms with Crippen molar-refractivity contribution < 1.29 is 18.1 Å². The number of carbonyl (C=O) groups is 1. The van der Waals surface area contributed by atoms with Crippen molar-refractivity contribution in [3.05, 3.63) is 0 Å². The summed E-state index contributed by atoms with van der Waals surface area (Å²) in [6.45, 7) is 10.3. The van der Waals surface area contributed by atoms with Crippen LogP contribution in [-0.4, -0.2) is 57.0 Å². The third-order valence-electron chi connectivity index (χ3n) is 6.89. The number of hydrogen-bond donors (Lipinski definition) is 1. The van der Waals surface area contributed by atoms with E-state index in [-0.39, 0.29) is 17.0 Å². The number of rotatable bonds is 4. The van der Waals surface area contributed by atoms with E-state index in [4.69, 9.17) is 0 Å². The van der Waals surface area contributed by atoms with Crippen molar-refractivity contribution in [2.45, 2.75) is 40.0 Å². The summed E-state index contributed by atoms with van der Waals surface area (Å²) in [4.78, 5) is 14.0. The zero-order valence-electron chi connectivity index (χ0n) is 14.0. The van der Waals surface area contributed by atoms with Crippen LogP contribution in [0.5, 0.6) is 0 Å². The van der Waals surface area contributed by atoms with Gasteiger partial charge in [-0.2, -0.15) is 4.31 Å². The van der Waals surface area contributed by atoms with E-state index in [0.717, 1.165) is 32.5 Å². The van der Waals surface area contributed by atoms with E-state index in [1.54, 1.807) is 4.31 Å². The molecule has 1 N–H and O–H groups in total. The molecule has 2 bridgehead atoms. The van der Waals surface area contributed by atoms with E-state index in [9.17, 15) is 13.2 Å². The van der Waals surface area contributed by atoms with Crippen LogP contribution in [0, 0.1) is 16.7 Å². The van der Waals surface area contributed by atoms with Gasteiger partial charge < -0.3 is 4.90 Å². The van der Waals surface area contributed by atoms with Crippen LogP contribution in [0.4, 0.5) is 0 Å². The summed E-state index contributed by atoms with van der Waals surface area (Å²) in [5, 5.41) is 0. The second kappa shape index (κ2) is 5.28. The number of ketones is 1. The third kappa shape index (κ3) is 2.26. The molecular weight excluding hydrogens is 300 g/mol. The van der Waals surface area contributed by atoms with Crippen LogP contribution in [0.3, 0.4) is 0 Å². The molecule has 1 saturated heterocycles. The van der Waals surface area contributed by atoms with Crippen molar-refractivity contribution in [3.63, 3.8) is 0 Å². The Labute approximate surface area is 134 Å². The maximum absolute atomic E-state index is 12.9. The molecule has 2 aliphatic carbocycles. The summed E-state index contributed by atoms with van der Waals surface area (Å²) >= 11 is 0. The first-order chi connectivity index (χ1) is 10.2. The van der Waals surface area contributed by atoms with Gasteiger partial charge in [0.25, 0.3) is 0 Å². The highest BCUT2D eigenvalue weighted by Gasteiger charge is 2.65. The lowest BCUT2D eigenvalue weighted by Gasteiger charge is -2.38. The van der Waals surface area contributed by atoms with E-state index in [2.05, 4.69) is 20.8 Å². The van der Waals surface area contributed by atoms with Gasteiger partial charge in [0.05, 0.1) is 38.5 Å². The number of fused-ring (bicyclic) bond motifs is 2. The molecule has 1 heterocycles. The molecule has 2 atom stereocenters. The van der Waals surface area contributed by atoms with E-state index < -0.39 is 15.4 Å². The first-order valence-electron chi connectivity index (χ1n) is 8.57. The Kier molecular flexibility index (Phi) is 3.94. The summed E-state index contributed by atoms with van der Waals surface area (Å²) in [7, 11) is -3.35. The van der Waals surface area contributed by atoms with Gasteiger partial charge in [-0.3, -0.25) is 4.79 Å². The van der Waals surface area contributed by atoms with E-state index in [1.165, 1.54) is 4.90 Å². The average Bonchev–Trinajstić information content (AvgIpc) is 2.81. The molecule has 6 heteroatoms. The SMILES string of the molecule is CC[NH+]1CCN(S(=O)(=O)C[C@]23CC[C@H](CC2=O)C3(C)C)CC1. The summed E-state index contributed by atoms with van der Waals surface area (Å²) < 4.78 is 27.5. The van der Waals surface area contributed by atoms with Crippen molar-refractivity contribution in [1.82, 2.24) is 4.31 Å². The molecule has 126 valence electrons. The smallest absolute Gasteiger partial charge is 0.215 e. The molecule has 3 rings (SSSR count). The minimum atomic E-state index is -3.35. The number of hydrogen-bond acceptors (Lipinski definition) is 3. The summed E-state index contributed by atoms with van der Waals surface area (Å²) in [5.41, 5.74) is -0.807.